The molecular weight excluding hydrogens is 236 g/mol. The normalized spacial score (nSPS) is 26.4. The Bertz CT molecular complexity index is 356. The first kappa shape index (κ1) is 14.5. The average molecular weight is 256 g/mol. The average Bonchev–Trinajstić information content (AvgIpc) is 2.92. The quantitative estimate of drug-likeness (QED) is 0.317. The lowest BCUT2D eigenvalue weighted by Crippen LogP contribution is -2.28. The molecule has 0 radical (unpaired) electrons. The van der Waals surface area contributed by atoms with E-state index in [1.807, 2.05) is 19.1 Å². The molecule has 1 saturated heterocycles. The molecule has 1 aliphatic rings. The minimum Gasteiger partial charge on any atom is -0.450 e. The van der Waals surface area contributed by atoms with E-state index in [9.17, 15) is 14.9 Å². The Morgan fingerprint density at radius 3 is 2.67 bits per heavy atom. The number of rotatable bonds is 6. The Kier molecular flexibility index (Phi) is 4.69. The SMILES string of the molecule is CC/C=C\CC[C@@H]1N(C(=O)OCC)[C@@]1(C)[N+](=O)[O-]. The Morgan fingerprint density at radius 2 is 2.17 bits per heavy atom. The molecule has 18 heavy (non-hydrogen) atoms. The van der Waals surface area contributed by atoms with Crippen LogP contribution in [0.5, 0.6) is 0 Å². The summed E-state index contributed by atoms with van der Waals surface area (Å²) in [6, 6.07) is -0.368. The van der Waals surface area contributed by atoms with E-state index in [2.05, 4.69) is 0 Å². The van der Waals surface area contributed by atoms with Crippen molar-refractivity contribution in [1.29, 1.82) is 0 Å². The second kappa shape index (κ2) is 5.84. The van der Waals surface area contributed by atoms with E-state index in [1.165, 1.54) is 11.8 Å². The lowest BCUT2D eigenvalue weighted by Gasteiger charge is -2.04. The summed E-state index contributed by atoms with van der Waals surface area (Å²) in [7, 11) is 0. The molecule has 1 heterocycles. The van der Waals surface area contributed by atoms with Crippen LogP contribution in [0.4, 0.5) is 4.79 Å². The summed E-state index contributed by atoms with van der Waals surface area (Å²) in [5, 5.41) is 11.0. The maximum atomic E-state index is 11.6. The Balaban J connectivity index is 2.62. The van der Waals surface area contributed by atoms with Gasteiger partial charge in [-0.05, 0) is 26.2 Å². The van der Waals surface area contributed by atoms with Gasteiger partial charge in [0.2, 0.25) is 0 Å². The number of nitrogens with zero attached hydrogens (tertiary/aromatic N) is 2. The van der Waals surface area contributed by atoms with Gasteiger partial charge >= 0.3 is 11.8 Å². The number of hydrogen-bond donors (Lipinski definition) is 0. The summed E-state index contributed by atoms with van der Waals surface area (Å²) in [5.74, 6) is 0. The zero-order chi connectivity index (χ0) is 13.8. The van der Waals surface area contributed by atoms with Gasteiger partial charge in [0.15, 0.2) is 0 Å². The number of amides is 1. The van der Waals surface area contributed by atoms with E-state index >= 15 is 0 Å². The summed E-state index contributed by atoms with van der Waals surface area (Å²) in [4.78, 5) is 23.5. The number of ether oxygens (including phenoxy) is 1. The van der Waals surface area contributed by atoms with Crippen molar-refractivity contribution in [3.8, 4) is 0 Å². The molecule has 0 aromatic carbocycles. The van der Waals surface area contributed by atoms with Crippen LogP contribution in [0.25, 0.3) is 0 Å². The third-order valence-electron chi connectivity index (χ3n) is 3.21. The van der Waals surface area contributed by atoms with Crippen LogP contribution in [0, 0.1) is 10.1 Å². The Morgan fingerprint density at radius 1 is 1.50 bits per heavy atom. The molecule has 0 bridgehead atoms. The molecule has 0 aromatic rings. The van der Waals surface area contributed by atoms with Crippen molar-refractivity contribution in [2.24, 2.45) is 0 Å². The first-order chi connectivity index (χ1) is 8.50. The topological polar surface area (TPSA) is 72.5 Å². The molecular formula is C12H20N2O4. The third-order valence-corrected chi connectivity index (χ3v) is 3.21. The van der Waals surface area contributed by atoms with Crippen molar-refractivity contribution < 1.29 is 14.5 Å². The number of carbonyl (C=O) groups is 1. The molecule has 6 heteroatoms. The van der Waals surface area contributed by atoms with Crippen molar-refractivity contribution in [2.75, 3.05) is 6.61 Å². The zero-order valence-electron chi connectivity index (χ0n) is 11.1. The molecule has 1 fully saturated rings. The van der Waals surface area contributed by atoms with Gasteiger partial charge in [0.1, 0.15) is 6.04 Å². The fourth-order valence-electron chi connectivity index (χ4n) is 2.10. The summed E-state index contributed by atoms with van der Waals surface area (Å²) in [6.45, 7) is 5.41. The van der Waals surface area contributed by atoms with E-state index in [4.69, 9.17) is 4.74 Å². The van der Waals surface area contributed by atoms with Gasteiger partial charge in [-0.25, -0.2) is 9.69 Å². The van der Waals surface area contributed by atoms with Gasteiger partial charge in [-0.1, -0.05) is 19.1 Å². The largest absolute Gasteiger partial charge is 0.450 e. The highest BCUT2D eigenvalue weighted by atomic mass is 16.6. The zero-order valence-corrected chi connectivity index (χ0v) is 11.1. The van der Waals surface area contributed by atoms with Crippen molar-refractivity contribution in [2.45, 2.75) is 51.7 Å². The lowest BCUT2D eigenvalue weighted by molar-refractivity contribution is -0.545. The summed E-state index contributed by atoms with van der Waals surface area (Å²) >= 11 is 0. The van der Waals surface area contributed by atoms with Gasteiger partial charge in [-0.15, -0.1) is 0 Å². The van der Waals surface area contributed by atoms with Crippen LogP contribution in [-0.2, 0) is 4.74 Å². The Labute approximate surface area is 107 Å². The highest BCUT2D eigenvalue weighted by molar-refractivity contribution is 5.72. The summed E-state index contributed by atoms with van der Waals surface area (Å²) < 4.78 is 4.83. The monoisotopic (exact) mass is 256 g/mol. The molecule has 0 saturated carbocycles. The van der Waals surface area contributed by atoms with E-state index in [-0.39, 0.29) is 12.6 Å². The fourth-order valence-corrected chi connectivity index (χ4v) is 2.10. The van der Waals surface area contributed by atoms with Crippen molar-refractivity contribution in [3.05, 3.63) is 22.3 Å². The minimum atomic E-state index is -1.30. The van der Waals surface area contributed by atoms with Crippen LogP contribution in [0.2, 0.25) is 0 Å². The molecule has 0 aliphatic carbocycles. The maximum absolute atomic E-state index is 11.6. The molecule has 1 rings (SSSR count). The predicted octanol–water partition coefficient (Wildman–Crippen LogP) is 2.57. The molecule has 6 nitrogen and oxygen atoms in total. The molecule has 2 atom stereocenters. The number of nitro groups is 1. The number of carbonyl (C=O) groups excluding carboxylic acids is 1. The van der Waals surface area contributed by atoms with Crippen molar-refractivity contribution in [1.82, 2.24) is 4.90 Å². The van der Waals surface area contributed by atoms with Crippen LogP contribution >= 0.6 is 0 Å². The molecule has 1 aliphatic heterocycles. The first-order valence-corrected chi connectivity index (χ1v) is 6.25. The molecule has 0 N–H and O–H groups in total. The van der Waals surface area contributed by atoms with E-state index in [0.717, 1.165) is 12.8 Å². The highest BCUT2D eigenvalue weighted by Gasteiger charge is 2.73. The molecule has 0 unspecified atom stereocenters. The fraction of sp³-hybridized carbons (Fsp3) is 0.750. The van der Waals surface area contributed by atoms with Crippen molar-refractivity contribution in [3.63, 3.8) is 0 Å². The van der Waals surface area contributed by atoms with E-state index in [0.29, 0.717) is 6.42 Å². The second-order valence-corrected chi connectivity index (χ2v) is 4.39. The number of allylic oxidation sites excluding steroid dienone is 2. The third kappa shape index (κ3) is 2.63. The van der Waals surface area contributed by atoms with Crippen molar-refractivity contribution >= 4 is 6.09 Å². The van der Waals surface area contributed by atoms with Gasteiger partial charge in [0.25, 0.3) is 0 Å². The molecule has 1 amide bonds. The van der Waals surface area contributed by atoms with Crippen LogP contribution in [-0.4, -0.2) is 34.2 Å². The summed E-state index contributed by atoms with van der Waals surface area (Å²) in [5.41, 5.74) is -1.30. The van der Waals surface area contributed by atoms with Gasteiger partial charge < -0.3 is 4.74 Å². The number of hydrogen-bond acceptors (Lipinski definition) is 4. The van der Waals surface area contributed by atoms with Gasteiger partial charge in [0, 0.05) is 6.92 Å². The summed E-state index contributed by atoms with van der Waals surface area (Å²) in [6.07, 6.45) is 5.67. The van der Waals surface area contributed by atoms with Crippen LogP contribution in [0.3, 0.4) is 0 Å². The van der Waals surface area contributed by atoms with E-state index in [1.54, 1.807) is 6.92 Å². The minimum absolute atomic E-state index is 0.228. The smallest absolute Gasteiger partial charge is 0.415 e. The first-order valence-electron chi connectivity index (χ1n) is 6.25. The second-order valence-electron chi connectivity index (χ2n) is 4.39. The Hall–Kier alpha value is -1.59. The lowest BCUT2D eigenvalue weighted by atomic mass is 10.1. The molecule has 0 spiro atoms. The van der Waals surface area contributed by atoms with Crippen LogP contribution < -0.4 is 0 Å². The molecule has 102 valence electrons. The highest BCUT2D eigenvalue weighted by Crippen LogP contribution is 2.44. The predicted molar refractivity (Wildman–Crippen MR) is 66.7 cm³/mol. The standard InChI is InChI=1S/C12H20N2O4/c1-4-6-7-8-9-10-12(3,14(16)17)13(10)11(15)18-5-2/h6-7,10H,4-5,8-9H2,1-3H3/b7-6-/t10-,12-,13?/m0/s1. The van der Waals surface area contributed by atoms with Crippen LogP contribution in [0.1, 0.15) is 40.0 Å². The van der Waals surface area contributed by atoms with Gasteiger partial charge in [-0.3, -0.25) is 10.1 Å². The van der Waals surface area contributed by atoms with E-state index < -0.39 is 16.7 Å². The van der Waals surface area contributed by atoms with Gasteiger partial charge in [-0.2, -0.15) is 0 Å². The van der Waals surface area contributed by atoms with Crippen LogP contribution in [0.15, 0.2) is 12.2 Å². The maximum Gasteiger partial charge on any atom is 0.415 e. The van der Waals surface area contributed by atoms with Gasteiger partial charge in [0.05, 0.1) is 11.5 Å². The molecule has 0 aromatic heterocycles.